The molecule has 1 saturated carbocycles. The Hall–Kier alpha value is -3.09. The van der Waals surface area contributed by atoms with E-state index in [9.17, 15) is 4.79 Å². The van der Waals surface area contributed by atoms with E-state index in [0.29, 0.717) is 31.2 Å². The normalized spacial score (nSPS) is 14.4. The minimum atomic E-state index is 0.183. The highest BCUT2D eigenvalue weighted by Gasteiger charge is 2.34. The number of aromatic nitrogens is 3. The number of fused-ring (bicyclic) bond motifs is 1. The van der Waals surface area contributed by atoms with Crippen molar-refractivity contribution < 1.29 is 14.3 Å². The van der Waals surface area contributed by atoms with Crippen LogP contribution >= 0.6 is 0 Å². The van der Waals surface area contributed by atoms with Crippen LogP contribution in [0.2, 0.25) is 0 Å². The van der Waals surface area contributed by atoms with E-state index in [1.54, 1.807) is 18.9 Å². The van der Waals surface area contributed by atoms with E-state index in [0.717, 1.165) is 39.2 Å². The average Bonchev–Trinajstić information content (AvgIpc) is 3.61. The van der Waals surface area contributed by atoms with Crippen LogP contribution in [0.4, 0.5) is 0 Å². The first-order valence-electron chi connectivity index (χ1n) is 11.6. The number of carbonyl (C=O) groups is 1. The number of hydrogen-bond acceptors (Lipinski definition) is 5. The Balaban J connectivity index is 1.55. The lowest BCUT2D eigenvalue weighted by Crippen LogP contribution is -2.39. The summed E-state index contributed by atoms with van der Waals surface area (Å²) in [5, 5.41) is 5.36. The predicted octanol–water partition coefficient (Wildman–Crippen LogP) is 4.36. The van der Waals surface area contributed by atoms with Crippen LogP contribution in [0.5, 0.6) is 11.6 Å². The molecule has 0 aliphatic heterocycles. The molecular formula is C26H34N4O3. The fourth-order valence-electron chi connectivity index (χ4n) is 4.70. The summed E-state index contributed by atoms with van der Waals surface area (Å²) in [6.45, 7) is 6.88. The van der Waals surface area contributed by atoms with E-state index in [4.69, 9.17) is 14.5 Å². The summed E-state index contributed by atoms with van der Waals surface area (Å²) in [5.74, 6) is 2.19. The Bertz CT molecular complexity index is 1150. The largest absolute Gasteiger partial charge is 0.497 e. The zero-order valence-electron chi connectivity index (χ0n) is 20.5. The van der Waals surface area contributed by atoms with Crippen molar-refractivity contribution in [3.05, 3.63) is 46.6 Å². The van der Waals surface area contributed by atoms with Crippen molar-refractivity contribution in [3.8, 4) is 11.6 Å². The predicted molar refractivity (Wildman–Crippen MR) is 129 cm³/mol. The first-order valence-corrected chi connectivity index (χ1v) is 11.6. The number of methoxy groups -OCH3 is 2. The van der Waals surface area contributed by atoms with Crippen molar-refractivity contribution in [1.29, 1.82) is 0 Å². The van der Waals surface area contributed by atoms with Gasteiger partial charge >= 0.3 is 0 Å². The quantitative estimate of drug-likeness (QED) is 0.484. The number of ether oxygens (including phenoxy) is 2. The molecule has 0 N–H and O–H groups in total. The molecule has 7 heteroatoms. The van der Waals surface area contributed by atoms with Crippen LogP contribution in [0.25, 0.3) is 11.0 Å². The number of nitrogens with zero attached hydrogens (tertiary/aromatic N) is 4. The van der Waals surface area contributed by atoms with Gasteiger partial charge in [0.15, 0.2) is 5.65 Å². The molecule has 176 valence electrons. The summed E-state index contributed by atoms with van der Waals surface area (Å²) in [5.41, 5.74) is 5.06. The van der Waals surface area contributed by atoms with Crippen molar-refractivity contribution in [1.82, 2.24) is 19.7 Å². The Morgan fingerprint density at radius 1 is 1.18 bits per heavy atom. The minimum Gasteiger partial charge on any atom is -0.497 e. The van der Waals surface area contributed by atoms with Gasteiger partial charge in [0.25, 0.3) is 0 Å². The highest BCUT2D eigenvalue weighted by molar-refractivity contribution is 5.86. The molecule has 1 amide bonds. The average molecular weight is 451 g/mol. The first kappa shape index (κ1) is 23.1. The van der Waals surface area contributed by atoms with E-state index in [2.05, 4.69) is 23.8 Å². The summed E-state index contributed by atoms with van der Waals surface area (Å²) in [4.78, 5) is 20.3. The van der Waals surface area contributed by atoms with Gasteiger partial charge in [0.2, 0.25) is 11.8 Å². The van der Waals surface area contributed by atoms with Gasteiger partial charge in [-0.1, -0.05) is 12.1 Å². The van der Waals surface area contributed by atoms with Crippen LogP contribution in [-0.2, 0) is 24.8 Å². The van der Waals surface area contributed by atoms with Gasteiger partial charge in [-0.15, -0.1) is 5.10 Å². The number of amides is 1. The highest BCUT2D eigenvalue weighted by Crippen LogP contribution is 2.36. The maximum atomic E-state index is 13.5. The Labute approximate surface area is 195 Å². The fourth-order valence-corrected chi connectivity index (χ4v) is 4.70. The third kappa shape index (κ3) is 4.68. The number of benzene rings is 1. The monoisotopic (exact) mass is 450 g/mol. The SMILES string of the molecule is COc1ccc(CN(C(=O)CCc2c(C)nc3c(c(OC)nn3C)c2C)C(C)C2CC2)cc1. The second-order valence-electron chi connectivity index (χ2n) is 9.08. The third-order valence-corrected chi connectivity index (χ3v) is 6.93. The summed E-state index contributed by atoms with van der Waals surface area (Å²) in [7, 11) is 5.16. The molecule has 2 aromatic heterocycles. The van der Waals surface area contributed by atoms with E-state index < -0.39 is 0 Å². The molecule has 3 aromatic rings. The number of aryl methyl sites for hydroxylation is 3. The molecule has 2 heterocycles. The Morgan fingerprint density at radius 2 is 1.88 bits per heavy atom. The highest BCUT2D eigenvalue weighted by atomic mass is 16.5. The number of rotatable bonds is 9. The zero-order chi connectivity index (χ0) is 23.7. The summed E-state index contributed by atoms with van der Waals surface area (Å²) in [6, 6.07) is 8.23. The number of carbonyl (C=O) groups excluding carboxylic acids is 1. The topological polar surface area (TPSA) is 69.5 Å². The van der Waals surface area contributed by atoms with Gasteiger partial charge < -0.3 is 14.4 Å². The molecule has 33 heavy (non-hydrogen) atoms. The second kappa shape index (κ2) is 9.41. The van der Waals surface area contributed by atoms with Crippen molar-refractivity contribution in [3.63, 3.8) is 0 Å². The molecule has 0 bridgehead atoms. The minimum absolute atomic E-state index is 0.183. The van der Waals surface area contributed by atoms with Gasteiger partial charge in [-0.05, 0) is 74.8 Å². The molecule has 1 aromatic carbocycles. The lowest BCUT2D eigenvalue weighted by molar-refractivity contribution is -0.134. The fraction of sp³-hybridized carbons (Fsp3) is 0.500. The van der Waals surface area contributed by atoms with Gasteiger partial charge in [-0.2, -0.15) is 0 Å². The maximum absolute atomic E-state index is 13.5. The molecule has 4 rings (SSSR count). The molecule has 0 saturated heterocycles. The second-order valence-corrected chi connectivity index (χ2v) is 9.08. The van der Waals surface area contributed by atoms with E-state index in [1.165, 1.54) is 12.8 Å². The smallest absolute Gasteiger partial charge is 0.242 e. The zero-order valence-corrected chi connectivity index (χ0v) is 20.5. The van der Waals surface area contributed by atoms with Gasteiger partial charge in [0.05, 0.1) is 19.6 Å². The van der Waals surface area contributed by atoms with Crippen LogP contribution in [0, 0.1) is 19.8 Å². The molecule has 0 spiro atoms. The molecule has 1 atom stereocenters. The molecule has 7 nitrogen and oxygen atoms in total. The number of hydrogen-bond donors (Lipinski definition) is 0. The van der Waals surface area contributed by atoms with Crippen molar-refractivity contribution in [2.75, 3.05) is 14.2 Å². The third-order valence-electron chi connectivity index (χ3n) is 6.93. The van der Waals surface area contributed by atoms with Gasteiger partial charge in [-0.3, -0.25) is 4.79 Å². The van der Waals surface area contributed by atoms with E-state index >= 15 is 0 Å². The van der Waals surface area contributed by atoms with Gasteiger partial charge in [-0.25, -0.2) is 9.67 Å². The lowest BCUT2D eigenvalue weighted by Gasteiger charge is -2.30. The first-order chi connectivity index (χ1) is 15.8. The van der Waals surface area contributed by atoms with Crippen LogP contribution < -0.4 is 9.47 Å². The van der Waals surface area contributed by atoms with E-state index in [1.807, 2.05) is 38.2 Å². The summed E-state index contributed by atoms with van der Waals surface area (Å²) >= 11 is 0. The lowest BCUT2D eigenvalue weighted by atomic mass is 9.99. The maximum Gasteiger partial charge on any atom is 0.242 e. The summed E-state index contributed by atoms with van der Waals surface area (Å²) < 4.78 is 12.5. The molecule has 1 aliphatic carbocycles. The molecule has 1 fully saturated rings. The molecule has 1 aliphatic rings. The number of pyridine rings is 1. The van der Waals surface area contributed by atoms with E-state index in [-0.39, 0.29) is 11.9 Å². The van der Waals surface area contributed by atoms with Crippen LogP contribution in [0.1, 0.15) is 48.6 Å². The van der Waals surface area contributed by atoms with Crippen molar-refractivity contribution in [2.24, 2.45) is 13.0 Å². The summed E-state index contributed by atoms with van der Waals surface area (Å²) in [6.07, 6.45) is 3.50. The molecular weight excluding hydrogens is 416 g/mol. The standard InChI is InChI=1S/C26H34N4O3/c1-16-22(17(2)27-25-24(16)26(33-6)28-29(25)4)13-14-23(31)30(18(3)20-9-10-20)15-19-7-11-21(32-5)12-8-19/h7-8,11-12,18,20H,9-10,13-15H2,1-6H3. The van der Waals surface area contributed by atoms with Crippen molar-refractivity contribution in [2.45, 2.75) is 59.0 Å². The van der Waals surface area contributed by atoms with Gasteiger partial charge in [0.1, 0.15) is 5.75 Å². The Morgan fingerprint density at radius 3 is 2.48 bits per heavy atom. The van der Waals surface area contributed by atoms with Gasteiger partial charge in [0, 0.05) is 31.7 Å². The van der Waals surface area contributed by atoms with Crippen LogP contribution in [-0.4, -0.2) is 45.8 Å². The van der Waals surface area contributed by atoms with Crippen LogP contribution in [0.15, 0.2) is 24.3 Å². The Kier molecular flexibility index (Phi) is 6.58. The molecule has 0 radical (unpaired) electrons. The van der Waals surface area contributed by atoms with Crippen molar-refractivity contribution >= 4 is 16.9 Å². The van der Waals surface area contributed by atoms with Crippen LogP contribution in [0.3, 0.4) is 0 Å². The molecule has 1 unspecified atom stereocenters.